The van der Waals surface area contributed by atoms with Crippen LogP contribution in [0.3, 0.4) is 0 Å². The minimum atomic E-state index is 0.0636. The molecule has 0 N–H and O–H groups in total. The molecule has 1 fully saturated rings. The number of rotatable bonds is 2. The zero-order valence-corrected chi connectivity index (χ0v) is 12.5. The lowest BCUT2D eigenvalue weighted by molar-refractivity contribution is 0.0627. The first-order chi connectivity index (χ1) is 8.61. The van der Waals surface area contributed by atoms with E-state index in [4.69, 9.17) is 0 Å². The third kappa shape index (κ3) is 2.74. The van der Waals surface area contributed by atoms with Crippen molar-refractivity contribution in [3.05, 3.63) is 28.5 Å². The summed E-state index contributed by atoms with van der Waals surface area (Å²) in [5.74, 6) is 0.650. The van der Waals surface area contributed by atoms with Gasteiger partial charge in [0.15, 0.2) is 0 Å². The van der Waals surface area contributed by atoms with E-state index in [-0.39, 0.29) is 5.91 Å². The van der Waals surface area contributed by atoms with Crippen LogP contribution in [0.5, 0.6) is 0 Å². The van der Waals surface area contributed by atoms with Crippen LogP contribution in [-0.4, -0.2) is 28.9 Å². The van der Waals surface area contributed by atoms with Gasteiger partial charge in [-0.15, -0.1) is 0 Å². The average molecular weight is 311 g/mol. The summed E-state index contributed by atoms with van der Waals surface area (Å²) in [5, 5.41) is 0. The van der Waals surface area contributed by atoms with E-state index in [9.17, 15) is 4.79 Å². The van der Waals surface area contributed by atoms with Crippen LogP contribution in [0.15, 0.2) is 22.9 Å². The average Bonchev–Trinajstić information content (AvgIpc) is 2.38. The minimum Gasteiger partial charge on any atom is -0.338 e. The number of halogens is 1. The van der Waals surface area contributed by atoms with Crippen molar-refractivity contribution in [3.63, 3.8) is 0 Å². The molecule has 18 heavy (non-hydrogen) atoms. The molecule has 2 unspecified atom stereocenters. The Balaban J connectivity index is 2.16. The molecule has 3 nitrogen and oxygen atoms in total. The van der Waals surface area contributed by atoms with Crippen molar-refractivity contribution in [1.29, 1.82) is 0 Å². The van der Waals surface area contributed by atoms with Gasteiger partial charge < -0.3 is 4.90 Å². The van der Waals surface area contributed by atoms with Crippen LogP contribution in [-0.2, 0) is 0 Å². The Morgan fingerprint density at radius 3 is 2.83 bits per heavy atom. The first-order valence-electron chi connectivity index (χ1n) is 6.49. The summed E-state index contributed by atoms with van der Waals surface area (Å²) in [7, 11) is 1.91. The second kappa shape index (κ2) is 5.83. The van der Waals surface area contributed by atoms with Crippen molar-refractivity contribution in [2.24, 2.45) is 5.92 Å². The van der Waals surface area contributed by atoms with Gasteiger partial charge in [-0.25, -0.2) is 4.98 Å². The number of hydrogen-bond donors (Lipinski definition) is 0. The first-order valence-corrected chi connectivity index (χ1v) is 7.28. The van der Waals surface area contributed by atoms with Crippen molar-refractivity contribution in [2.45, 2.75) is 38.6 Å². The summed E-state index contributed by atoms with van der Waals surface area (Å²) >= 11 is 3.35. The summed E-state index contributed by atoms with van der Waals surface area (Å²) in [5.41, 5.74) is 0.651. The molecule has 0 bridgehead atoms. The van der Waals surface area contributed by atoms with E-state index in [2.05, 4.69) is 27.8 Å². The summed E-state index contributed by atoms with van der Waals surface area (Å²) < 4.78 is 0.630. The van der Waals surface area contributed by atoms with Gasteiger partial charge in [-0.3, -0.25) is 4.79 Å². The van der Waals surface area contributed by atoms with Gasteiger partial charge in [-0.05, 0) is 46.8 Å². The SMILES string of the molecule is CC1CCCCC1N(C)C(=O)c1cccnc1Br. The Bertz CT molecular complexity index is 436. The van der Waals surface area contributed by atoms with Crippen LogP contribution in [0.2, 0.25) is 0 Å². The molecular weight excluding hydrogens is 292 g/mol. The molecule has 0 saturated heterocycles. The molecule has 2 rings (SSSR count). The van der Waals surface area contributed by atoms with Crippen LogP contribution in [0.1, 0.15) is 43.0 Å². The molecule has 1 aromatic heterocycles. The lowest BCUT2D eigenvalue weighted by Crippen LogP contribution is -2.42. The second-order valence-electron chi connectivity index (χ2n) is 5.09. The van der Waals surface area contributed by atoms with Gasteiger partial charge in [0.25, 0.3) is 5.91 Å². The first kappa shape index (κ1) is 13.5. The Hall–Kier alpha value is -0.900. The number of pyridine rings is 1. The number of carbonyl (C=O) groups is 1. The fourth-order valence-electron chi connectivity index (χ4n) is 2.76. The van der Waals surface area contributed by atoms with E-state index >= 15 is 0 Å². The van der Waals surface area contributed by atoms with Gasteiger partial charge in [-0.1, -0.05) is 19.8 Å². The highest BCUT2D eigenvalue weighted by molar-refractivity contribution is 9.10. The second-order valence-corrected chi connectivity index (χ2v) is 5.84. The predicted octanol–water partition coefficient (Wildman–Crippen LogP) is 3.49. The molecule has 1 aliphatic rings. The topological polar surface area (TPSA) is 33.2 Å². The van der Waals surface area contributed by atoms with Crippen molar-refractivity contribution in [1.82, 2.24) is 9.88 Å². The van der Waals surface area contributed by atoms with Gasteiger partial charge >= 0.3 is 0 Å². The van der Waals surface area contributed by atoms with E-state index in [1.807, 2.05) is 18.0 Å². The summed E-state index contributed by atoms with van der Waals surface area (Å²) in [6.45, 7) is 2.24. The molecule has 1 saturated carbocycles. The Morgan fingerprint density at radius 2 is 2.17 bits per heavy atom. The largest absolute Gasteiger partial charge is 0.338 e. The molecule has 0 aromatic carbocycles. The van der Waals surface area contributed by atoms with Crippen LogP contribution >= 0.6 is 15.9 Å². The smallest absolute Gasteiger partial charge is 0.256 e. The van der Waals surface area contributed by atoms with Crippen LogP contribution in [0, 0.1) is 5.92 Å². The standard InChI is InChI=1S/C14H19BrN2O/c1-10-6-3-4-8-12(10)17(2)14(18)11-7-5-9-16-13(11)15/h5,7,9-10,12H,3-4,6,8H2,1-2H3. The van der Waals surface area contributed by atoms with Gasteiger partial charge in [-0.2, -0.15) is 0 Å². The highest BCUT2D eigenvalue weighted by Crippen LogP contribution is 2.28. The Labute approximate surface area is 117 Å². The Morgan fingerprint density at radius 1 is 1.44 bits per heavy atom. The van der Waals surface area contributed by atoms with Crippen molar-refractivity contribution in [3.8, 4) is 0 Å². The van der Waals surface area contributed by atoms with E-state index in [1.165, 1.54) is 19.3 Å². The van der Waals surface area contributed by atoms with Crippen molar-refractivity contribution < 1.29 is 4.79 Å². The molecule has 98 valence electrons. The van der Waals surface area contributed by atoms with E-state index in [1.54, 1.807) is 12.3 Å². The van der Waals surface area contributed by atoms with E-state index in [0.717, 1.165) is 6.42 Å². The van der Waals surface area contributed by atoms with Gasteiger partial charge in [0.05, 0.1) is 5.56 Å². The maximum atomic E-state index is 12.5. The zero-order chi connectivity index (χ0) is 13.1. The van der Waals surface area contributed by atoms with Crippen LogP contribution < -0.4 is 0 Å². The maximum Gasteiger partial charge on any atom is 0.256 e. The number of hydrogen-bond acceptors (Lipinski definition) is 2. The summed E-state index contributed by atoms with van der Waals surface area (Å²) in [6, 6.07) is 3.98. The van der Waals surface area contributed by atoms with Gasteiger partial charge in [0.2, 0.25) is 0 Å². The normalized spacial score (nSPS) is 23.7. The van der Waals surface area contributed by atoms with Gasteiger partial charge in [0.1, 0.15) is 4.60 Å². The summed E-state index contributed by atoms with van der Waals surface area (Å²) in [4.78, 5) is 18.5. The molecule has 1 amide bonds. The van der Waals surface area contributed by atoms with Crippen molar-refractivity contribution >= 4 is 21.8 Å². The minimum absolute atomic E-state index is 0.0636. The van der Waals surface area contributed by atoms with E-state index in [0.29, 0.717) is 22.1 Å². The predicted molar refractivity (Wildman–Crippen MR) is 75.5 cm³/mol. The lowest BCUT2D eigenvalue weighted by atomic mass is 9.85. The Kier molecular flexibility index (Phi) is 4.38. The highest BCUT2D eigenvalue weighted by atomic mass is 79.9. The molecule has 4 heteroatoms. The van der Waals surface area contributed by atoms with E-state index < -0.39 is 0 Å². The lowest BCUT2D eigenvalue weighted by Gasteiger charge is -2.36. The quantitative estimate of drug-likeness (QED) is 0.783. The van der Waals surface area contributed by atoms with Crippen molar-refractivity contribution in [2.75, 3.05) is 7.05 Å². The number of nitrogens with zero attached hydrogens (tertiary/aromatic N) is 2. The molecule has 1 aromatic rings. The fourth-order valence-corrected chi connectivity index (χ4v) is 3.18. The molecule has 1 heterocycles. The zero-order valence-electron chi connectivity index (χ0n) is 10.9. The number of amides is 1. The highest BCUT2D eigenvalue weighted by Gasteiger charge is 2.29. The molecular formula is C14H19BrN2O. The van der Waals surface area contributed by atoms with Crippen LogP contribution in [0.4, 0.5) is 0 Å². The molecule has 1 aliphatic carbocycles. The monoisotopic (exact) mass is 310 g/mol. The maximum absolute atomic E-state index is 12.5. The molecule has 0 spiro atoms. The third-order valence-electron chi connectivity index (χ3n) is 3.87. The summed E-state index contributed by atoms with van der Waals surface area (Å²) in [6.07, 6.45) is 6.53. The third-order valence-corrected chi connectivity index (χ3v) is 4.51. The fraction of sp³-hybridized carbons (Fsp3) is 0.571. The van der Waals surface area contributed by atoms with Gasteiger partial charge in [0, 0.05) is 19.3 Å². The number of aromatic nitrogens is 1. The van der Waals surface area contributed by atoms with Crippen LogP contribution in [0.25, 0.3) is 0 Å². The molecule has 0 radical (unpaired) electrons. The molecule has 2 atom stereocenters. The number of carbonyl (C=O) groups excluding carboxylic acids is 1. The molecule has 0 aliphatic heterocycles.